The number of phenols is 1. The van der Waals surface area contributed by atoms with E-state index in [0.29, 0.717) is 12.7 Å². The number of halogens is 1. The molecule has 0 spiro atoms. The fourth-order valence-corrected chi connectivity index (χ4v) is 4.64. The third kappa shape index (κ3) is 8.94. The number of amides is 2. The van der Waals surface area contributed by atoms with Crippen molar-refractivity contribution in [3.8, 4) is 5.75 Å². The van der Waals surface area contributed by atoms with Crippen LogP contribution in [0, 0.1) is 5.82 Å². The summed E-state index contributed by atoms with van der Waals surface area (Å²) in [6.45, 7) is 3.05. The molecule has 1 fully saturated rings. The Labute approximate surface area is 240 Å². The zero-order chi connectivity index (χ0) is 29.8. The molecule has 2 amide bonds. The van der Waals surface area contributed by atoms with Crippen molar-refractivity contribution in [2.75, 3.05) is 27.2 Å². The third-order valence-electron chi connectivity index (χ3n) is 7.04. The standard InChI is InChI=1S/C23H27FN4O4.C8H11N/c1-16(18-5-7-19(24)8-6-18)26(2)13-22-27(15-30)25-12-23(32)28(22)20(14-29)11-17-3-9-21(31)10-4-17;1-9-7-8-5-3-2-4-6-8/h3-10,14-16,20,22,25,31H,11-13H2,1-2H3;2-6,9H,7H2,1H3/t16?,20-,22?;/m0./s1. The number of likely N-dealkylation sites (N-methyl/N-ethyl adjacent to an activating group) is 1. The Morgan fingerprint density at radius 2 is 1.71 bits per heavy atom. The van der Waals surface area contributed by atoms with Crippen LogP contribution in [0.3, 0.4) is 0 Å². The van der Waals surface area contributed by atoms with Crippen LogP contribution in [0.1, 0.15) is 29.7 Å². The molecule has 1 heterocycles. The van der Waals surface area contributed by atoms with Crippen molar-refractivity contribution in [3.05, 3.63) is 101 Å². The number of carbonyl (C=O) groups excluding carboxylic acids is 3. The maximum Gasteiger partial charge on any atom is 0.240 e. The lowest BCUT2D eigenvalue weighted by molar-refractivity contribution is -0.160. The number of hydrogen-bond donors (Lipinski definition) is 3. The number of aromatic hydroxyl groups is 1. The van der Waals surface area contributed by atoms with E-state index in [-0.39, 0.29) is 43.0 Å². The summed E-state index contributed by atoms with van der Waals surface area (Å²) in [5, 5.41) is 13.9. The number of phenolic OH excluding ortho intramolecular Hbond substituents is 1. The normalized spacial score (nSPS) is 16.5. The molecule has 3 aromatic carbocycles. The Bertz CT molecular complexity index is 1240. The lowest BCUT2D eigenvalue weighted by Crippen LogP contribution is -2.68. The van der Waals surface area contributed by atoms with Crippen LogP contribution in [0.4, 0.5) is 4.39 Å². The number of hydrogen-bond acceptors (Lipinski definition) is 7. The summed E-state index contributed by atoms with van der Waals surface area (Å²) in [7, 11) is 3.79. The van der Waals surface area contributed by atoms with Gasteiger partial charge in [-0.2, -0.15) is 0 Å². The van der Waals surface area contributed by atoms with Crippen molar-refractivity contribution in [1.82, 2.24) is 25.6 Å². The van der Waals surface area contributed by atoms with E-state index < -0.39 is 12.2 Å². The van der Waals surface area contributed by atoms with Crippen molar-refractivity contribution in [3.63, 3.8) is 0 Å². The smallest absolute Gasteiger partial charge is 0.240 e. The second-order valence-corrected chi connectivity index (χ2v) is 9.89. The van der Waals surface area contributed by atoms with Gasteiger partial charge in [0, 0.05) is 19.1 Å². The minimum atomic E-state index is -0.795. The second kappa shape index (κ2) is 15.6. The summed E-state index contributed by atoms with van der Waals surface area (Å²) < 4.78 is 13.3. The summed E-state index contributed by atoms with van der Waals surface area (Å²) in [6, 6.07) is 22.0. The SMILES string of the molecule is CC(c1ccc(F)cc1)N(C)CC1N(C=O)NCC(=O)N1[C@H](C=O)Cc1ccc(O)cc1.CNCc1ccccc1. The highest BCUT2D eigenvalue weighted by molar-refractivity contribution is 5.83. The number of rotatable bonds is 11. The molecule has 3 atom stereocenters. The Hall–Kier alpha value is -4.12. The van der Waals surface area contributed by atoms with Crippen LogP contribution in [0.5, 0.6) is 5.75 Å². The van der Waals surface area contributed by atoms with Crippen molar-refractivity contribution in [2.45, 2.75) is 38.1 Å². The first kappa shape index (κ1) is 31.4. The maximum atomic E-state index is 13.3. The van der Waals surface area contributed by atoms with Gasteiger partial charge in [0.25, 0.3) is 0 Å². The van der Waals surface area contributed by atoms with Gasteiger partial charge in [-0.05, 0) is 68.4 Å². The topological polar surface area (TPSA) is 105 Å². The largest absolute Gasteiger partial charge is 0.508 e. The first-order valence-corrected chi connectivity index (χ1v) is 13.4. The molecule has 10 heteroatoms. The Morgan fingerprint density at radius 3 is 2.29 bits per heavy atom. The molecule has 0 aromatic heterocycles. The molecule has 9 nitrogen and oxygen atoms in total. The third-order valence-corrected chi connectivity index (χ3v) is 7.04. The number of benzene rings is 3. The number of hydrazine groups is 1. The van der Waals surface area contributed by atoms with Gasteiger partial charge in [0.2, 0.25) is 12.3 Å². The van der Waals surface area contributed by atoms with Crippen molar-refractivity contribution in [2.24, 2.45) is 0 Å². The molecule has 1 saturated heterocycles. The molecule has 0 saturated carbocycles. The van der Waals surface area contributed by atoms with Gasteiger partial charge in [-0.25, -0.2) is 9.82 Å². The summed E-state index contributed by atoms with van der Waals surface area (Å²) in [5.74, 6) is -0.519. The van der Waals surface area contributed by atoms with E-state index in [9.17, 15) is 23.9 Å². The van der Waals surface area contributed by atoms with Crippen LogP contribution in [-0.2, 0) is 27.3 Å². The fourth-order valence-electron chi connectivity index (χ4n) is 4.64. The van der Waals surface area contributed by atoms with Gasteiger partial charge < -0.3 is 20.1 Å². The van der Waals surface area contributed by atoms with Crippen molar-refractivity contribution >= 4 is 18.6 Å². The van der Waals surface area contributed by atoms with Gasteiger partial charge >= 0.3 is 0 Å². The van der Waals surface area contributed by atoms with Crippen LogP contribution in [0.25, 0.3) is 0 Å². The molecule has 0 bridgehead atoms. The molecule has 2 unspecified atom stereocenters. The lowest BCUT2D eigenvalue weighted by Gasteiger charge is -2.46. The molecule has 218 valence electrons. The van der Waals surface area contributed by atoms with Gasteiger partial charge in [0.1, 0.15) is 24.0 Å². The van der Waals surface area contributed by atoms with Gasteiger partial charge in [-0.3, -0.25) is 19.5 Å². The molecule has 4 rings (SSSR count). The number of aldehydes is 1. The molecule has 3 aromatic rings. The van der Waals surface area contributed by atoms with Crippen LogP contribution < -0.4 is 10.7 Å². The van der Waals surface area contributed by atoms with E-state index in [0.717, 1.165) is 17.7 Å². The highest BCUT2D eigenvalue weighted by Gasteiger charge is 2.39. The van der Waals surface area contributed by atoms with Crippen molar-refractivity contribution < 1.29 is 23.9 Å². The molecular weight excluding hydrogens is 525 g/mol. The van der Waals surface area contributed by atoms with Gasteiger partial charge in [-0.1, -0.05) is 54.6 Å². The second-order valence-electron chi connectivity index (χ2n) is 9.89. The minimum Gasteiger partial charge on any atom is -0.508 e. The van der Waals surface area contributed by atoms with Gasteiger partial charge in [-0.15, -0.1) is 0 Å². The predicted molar refractivity (Wildman–Crippen MR) is 155 cm³/mol. The molecule has 0 aliphatic carbocycles. The first-order chi connectivity index (χ1) is 19.8. The molecule has 0 radical (unpaired) electrons. The minimum absolute atomic E-state index is 0.105. The fraction of sp³-hybridized carbons (Fsp3) is 0.323. The maximum absolute atomic E-state index is 13.3. The Morgan fingerprint density at radius 1 is 1.05 bits per heavy atom. The van der Waals surface area contributed by atoms with Crippen LogP contribution in [-0.4, -0.2) is 77.9 Å². The molecular formula is C31H38FN5O4. The van der Waals surface area contributed by atoms with E-state index in [1.54, 1.807) is 24.3 Å². The zero-order valence-electron chi connectivity index (χ0n) is 23.6. The summed E-state index contributed by atoms with van der Waals surface area (Å²) in [6.07, 6.45) is 0.822. The van der Waals surface area contributed by atoms with Crippen LogP contribution >= 0.6 is 0 Å². The van der Waals surface area contributed by atoms with Gasteiger partial charge in [0.05, 0.1) is 12.6 Å². The van der Waals surface area contributed by atoms with Gasteiger partial charge in [0.15, 0.2) is 0 Å². The highest BCUT2D eigenvalue weighted by atomic mass is 19.1. The molecule has 3 N–H and O–H groups in total. The van der Waals surface area contributed by atoms with Crippen molar-refractivity contribution in [1.29, 1.82) is 0 Å². The number of nitrogens with zero attached hydrogens (tertiary/aromatic N) is 3. The highest BCUT2D eigenvalue weighted by Crippen LogP contribution is 2.23. The Kier molecular flexibility index (Phi) is 12.0. The Balaban J connectivity index is 0.000000436. The molecule has 1 aliphatic rings. The number of nitrogens with one attached hydrogen (secondary N) is 2. The number of carbonyl (C=O) groups is 3. The predicted octanol–water partition coefficient (Wildman–Crippen LogP) is 2.87. The average molecular weight is 564 g/mol. The lowest BCUT2D eigenvalue weighted by atomic mass is 10.0. The monoisotopic (exact) mass is 563 g/mol. The van der Waals surface area contributed by atoms with E-state index in [1.807, 2.05) is 44.1 Å². The molecule has 41 heavy (non-hydrogen) atoms. The average Bonchev–Trinajstić information content (AvgIpc) is 2.98. The summed E-state index contributed by atoms with van der Waals surface area (Å²) in [5.41, 5.74) is 5.78. The zero-order valence-corrected chi connectivity index (χ0v) is 23.6. The molecule has 1 aliphatic heterocycles. The van der Waals surface area contributed by atoms with E-state index >= 15 is 0 Å². The van der Waals surface area contributed by atoms with E-state index in [2.05, 4.69) is 22.9 Å². The van der Waals surface area contributed by atoms with E-state index in [1.165, 1.54) is 39.7 Å². The first-order valence-electron chi connectivity index (χ1n) is 13.4. The van der Waals surface area contributed by atoms with Crippen LogP contribution in [0.15, 0.2) is 78.9 Å². The summed E-state index contributed by atoms with van der Waals surface area (Å²) in [4.78, 5) is 39.9. The summed E-state index contributed by atoms with van der Waals surface area (Å²) >= 11 is 0. The van der Waals surface area contributed by atoms with E-state index in [4.69, 9.17) is 0 Å². The van der Waals surface area contributed by atoms with Crippen LogP contribution in [0.2, 0.25) is 0 Å². The quantitative estimate of drug-likeness (QED) is 0.308.